The molecule has 33 nitrogen and oxygen atoms in total. The van der Waals surface area contributed by atoms with Crippen molar-refractivity contribution in [3.05, 3.63) is 74.6 Å². The first-order chi connectivity index (χ1) is 40.4. The predicted octanol–water partition coefficient (Wildman–Crippen LogP) is -3.82. The summed E-state index contributed by atoms with van der Waals surface area (Å²) >= 11 is 0. The molecular formula is C50H64N18O15S2. The van der Waals surface area contributed by atoms with Gasteiger partial charge in [0.15, 0.2) is 22.8 Å². The molecule has 0 spiro atoms. The van der Waals surface area contributed by atoms with Crippen LogP contribution in [0.15, 0.2) is 57.8 Å². The van der Waals surface area contributed by atoms with Crippen molar-refractivity contribution in [2.24, 2.45) is 17.4 Å². The Morgan fingerprint density at radius 3 is 2.31 bits per heavy atom. The molecule has 5 heterocycles. The number of nitrogens with zero attached hydrogens (tertiary/aromatic N) is 4. The number of carboxylic acids is 2. The van der Waals surface area contributed by atoms with E-state index in [1.165, 1.54) is 50.1 Å². The summed E-state index contributed by atoms with van der Waals surface area (Å²) in [6, 6.07) is 0.000403. The molecular weight excluding hydrogens is 1160 g/mol. The first-order valence-electron chi connectivity index (χ1n) is 26.3. The lowest BCUT2D eigenvalue weighted by molar-refractivity contribution is -0.140. The molecule has 6 amide bonds. The van der Waals surface area contributed by atoms with Gasteiger partial charge in [-0.3, -0.25) is 53.5 Å². The number of ketones is 2. The van der Waals surface area contributed by atoms with Gasteiger partial charge in [-0.1, -0.05) is 21.6 Å². The number of carbonyl (C=O) groups is 10. The lowest BCUT2D eigenvalue weighted by atomic mass is 9.82. The Morgan fingerprint density at radius 2 is 1.62 bits per heavy atom. The Labute approximate surface area is 490 Å². The number of aromatic nitrogens is 4. The maximum absolute atomic E-state index is 14.3. The van der Waals surface area contributed by atoms with E-state index in [-0.39, 0.29) is 114 Å². The molecule has 8 atom stereocenters. The van der Waals surface area contributed by atoms with Crippen LogP contribution in [0.25, 0.3) is 11.2 Å². The third-order valence-electron chi connectivity index (χ3n) is 14.0. The average Bonchev–Trinajstić information content (AvgIpc) is 1.67. The monoisotopic (exact) mass is 1220 g/mol. The third kappa shape index (κ3) is 15.4. The molecule has 85 heavy (non-hydrogen) atoms. The number of methoxy groups -OCH3 is 1. The van der Waals surface area contributed by atoms with E-state index >= 15 is 0 Å². The molecule has 1 aromatic carbocycles. The first-order valence-corrected chi connectivity index (χ1v) is 28.8. The zero-order valence-electron chi connectivity index (χ0n) is 46.0. The summed E-state index contributed by atoms with van der Waals surface area (Å²) in [7, 11) is 3.74. The fourth-order valence-electron chi connectivity index (χ4n) is 9.87. The minimum Gasteiger partial charge on any atom is -0.480 e. The molecule has 35 heteroatoms. The average molecular weight is 1220 g/mol. The number of piperazine rings is 1. The molecule has 4 aliphatic rings. The molecule has 1 aliphatic carbocycles. The zero-order valence-corrected chi connectivity index (χ0v) is 47.6. The van der Waals surface area contributed by atoms with Crippen LogP contribution in [-0.2, 0) is 54.4 Å². The molecule has 2 saturated heterocycles. The molecule has 0 radical (unpaired) electrons. The number of H-pyrrole nitrogens is 1. The van der Waals surface area contributed by atoms with Gasteiger partial charge in [-0.2, -0.15) is 4.98 Å². The molecule has 3 aromatic rings. The highest BCUT2D eigenvalue weighted by molar-refractivity contribution is 8.76. The number of aromatic amines is 1. The van der Waals surface area contributed by atoms with Crippen molar-refractivity contribution in [1.82, 2.24) is 67.4 Å². The maximum Gasteiger partial charge on any atom is 0.404 e. The molecule has 2 fully saturated rings. The summed E-state index contributed by atoms with van der Waals surface area (Å²) in [5.74, 6) is -9.20. The van der Waals surface area contributed by atoms with Crippen molar-refractivity contribution >= 4 is 109 Å². The number of rotatable bonds is 31. The second kappa shape index (κ2) is 28.0. The smallest absolute Gasteiger partial charge is 0.404 e. The lowest BCUT2D eigenvalue weighted by Crippen LogP contribution is -2.57. The van der Waals surface area contributed by atoms with Crippen molar-refractivity contribution in [2.45, 2.75) is 88.1 Å². The Hall–Kier alpha value is -9.09. The van der Waals surface area contributed by atoms with Crippen LogP contribution in [0.4, 0.5) is 16.4 Å². The van der Waals surface area contributed by atoms with Crippen molar-refractivity contribution < 1.29 is 67.6 Å². The van der Waals surface area contributed by atoms with Gasteiger partial charge in [-0.15, -0.1) is 0 Å². The van der Waals surface area contributed by atoms with Crippen LogP contribution < -0.4 is 70.6 Å². The van der Waals surface area contributed by atoms with Crippen molar-refractivity contribution in [2.75, 3.05) is 62.5 Å². The summed E-state index contributed by atoms with van der Waals surface area (Å²) in [5.41, 5.74) is 16.1. The number of amides is 6. The number of carbonyl (C=O) groups excluding carboxylic acids is 8. The van der Waals surface area contributed by atoms with E-state index in [1.807, 2.05) is 0 Å². The van der Waals surface area contributed by atoms with E-state index in [0.29, 0.717) is 17.9 Å². The summed E-state index contributed by atoms with van der Waals surface area (Å²) < 4.78 is 11.2. The van der Waals surface area contributed by atoms with E-state index in [0.717, 1.165) is 10.8 Å². The number of fused-ring (bicyclic) bond motifs is 5. The highest BCUT2D eigenvalue weighted by atomic mass is 33.1. The Bertz CT molecular complexity index is 3290. The van der Waals surface area contributed by atoms with Gasteiger partial charge in [-0.05, 0) is 57.4 Å². The van der Waals surface area contributed by atoms with Gasteiger partial charge in [0.25, 0.3) is 11.5 Å². The van der Waals surface area contributed by atoms with Crippen molar-refractivity contribution in [1.29, 1.82) is 5.41 Å². The van der Waals surface area contributed by atoms with Gasteiger partial charge in [-0.25, -0.2) is 19.6 Å². The van der Waals surface area contributed by atoms with Crippen LogP contribution in [0.1, 0.15) is 55.6 Å². The van der Waals surface area contributed by atoms with E-state index < -0.39 is 120 Å². The standard InChI is InChI=1S/C50H64N18O15S2/c1-21-34(38(73)33-26(19-83-49(54)81)50(82-3)39-29(63-39)18-68(50)36(33)37(21)72)55-13-14-84-85-20-30(44(77)60-22(2)41(74)59-17-32(70)71)65-43(76)27(5-4-12-56-47(51)52)62-31(69)11-10-28(46(79)80)64-42(75)23-6-8-24(9-7-23)57-15-25-16-58-40-35(61-25)45(78)67-48(53)66-40/h6-9,16,22,26-30,39,55,57,63H,4-5,10-15,17-20H2,1-3H3,(H2,54,81)(H,59,74)(H,60,77)(H,62,69)(H,64,75)(H,65,76)(H,70,71)(H,79,80)(H4,51,52,56)(H3,53,58,66,67,78)/t22-,26+,27-,28-,29-,30-,39-,50+/m0/s1. The number of aliphatic carboxylic acids is 2. The molecule has 19 N–H and O–H groups in total. The van der Waals surface area contributed by atoms with Gasteiger partial charge >= 0.3 is 18.0 Å². The Balaban J connectivity index is 0.953. The van der Waals surface area contributed by atoms with Gasteiger partial charge in [0, 0.05) is 73.1 Å². The third-order valence-corrected chi connectivity index (χ3v) is 16.5. The van der Waals surface area contributed by atoms with Crippen LogP contribution in [0.2, 0.25) is 0 Å². The first kappa shape index (κ1) is 63.5. The molecule has 0 bridgehead atoms. The van der Waals surface area contributed by atoms with E-state index in [9.17, 15) is 57.8 Å². The Kier molecular flexibility index (Phi) is 20.9. The number of hydrogen-bond acceptors (Lipinski definition) is 24. The van der Waals surface area contributed by atoms with Gasteiger partial charge in [0.1, 0.15) is 37.3 Å². The fraction of sp³-hybridized carbons (Fsp3) is 0.460. The number of ether oxygens (including phenoxy) is 2. The molecule has 2 aromatic heterocycles. The second-order valence-electron chi connectivity index (χ2n) is 19.8. The number of hydrogen-bond donors (Lipinski definition) is 16. The van der Waals surface area contributed by atoms with Gasteiger partial charge < -0.3 is 89.6 Å². The normalized spacial score (nSPS) is 19.7. The Morgan fingerprint density at radius 1 is 0.894 bits per heavy atom. The van der Waals surface area contributed by atoms with Crippen LogP contribution in [0.5, 0.6) is 0 Å². The number of nitrogens with one attached hydrogen (secondary N) is 11. The summed E-state index contributed by atoms with van der Waals surface area (Å²) in [6.45, 7) is 2.41. The van der Waals surface area contributed by atoms with Crippen molar-refractivity contribution in [3.63, 3.8) is 0 Å². The fourth-order valence-corrected chi connectivity index (χ4v) is 11.9. The van der Waals surface area contributed by atoms with Crippen LogP contribution in [-0.4, -0.2) is 194 Å². The number of allylic oxidation sites excluding steroid dienone is 2. The van der Waals surface area contributed by atoms with E-state index in [1.54, 1.807) is 17.0 Å². The number of benzene rings is 1. The van der Waals surface area contributed by atoms with Crippen LogP contribution in [0.3, 0.4) is 0 Å². The quantitative estimate of drug-likeness (QED) is 0.00733. The minimum absolute atomic E-state index is 0.00671. The van der Waals surface area contributed by atoms with E-state index in [2.05, 4.69) is 67.8 Å². The second-order valence-corrected chi connectivity index (χ2v) is 22.4. The molecule has 0 unspecified atom stereocenters. The van der Waals surface area contributed by atoms with Gasteiger partial charge in [0.2, 0.25) is 41.1 Å². The number of nitrogen functional groups attached to an aromatic ring is 1. The number of guanidine groups is 1. The molecule has 456 valence electrons. The minimum atomic E-state index is -1.58. The number of anilines is 2. The topological polar surface area (TPSA) is 524 Å². The molecule has 3 aliphatic heterocycles. The summed E-state index contributed by atoms with van der Waals surface area (Å²) in [5, 5.41) is 50.7. The van der Waals surface area contributed by atoms with E-state index in [4.69, 9.17) is 37.2 Å². The number of carboxylic acid groups (broad SMARTS) is 2. The summed E-state index contributed by atoms with van der Waals surface area (Å²) in [4.78, 5) is 160. The number of nitrogens with two attached hydrogens (primary N) is 3. The highest BCUT2D eigenvalue weighted by Crippen LogP contribution is 2.55. The SMILES string of the molecule is CO[C@@]12[C@H](COC(N)=O)C3=C(C(=O)C(C)=C(NCCSSC[C@H](NC(=O)[C@H](CCCNC(=N)N)NC(=O)CC[C@H](NC(=O)c4ccc(NCc5cnc6nc(N)[nH]c(=O)c6n5)cc4)C(=O)O)C(=O)N[C@@H](C)C(=O)NCC(=O)O)C3=O)N1C[C@@H]1N[C@@H]12. The van der Waals surface area contributed by atoms with Crippen LogP contribution >= 0.6 is 21.6 Å². The number of primary amides is 1. The zero-order chi connectivity index (χ0) is 61.9. The predicted molar refractivity (Wildman–Crippen MR) is 304 cm³/mol. The largest absolute Gasteiger partial charge is 0.480 e. The summed E-state index contributed by atoms with van der Waals surface area (Å²) in [6.07, 6.45) is -0.576. The molecule has 7 rings (SSSR count). The number of Topliss-reactive ketones (excluding diaryl/α,β-unsaturated/α-hetero) is 2. The highest BCUT2D eigenvalue weighted by Gasteiger charge is 2.72. The van der Waals surface area contributed by atoms with Crippen LogP contribution in [0, 0.1) is 11.3 Å². The lowest BCUT2D eigenvalue weighted by Gasteiger charge is -2.39. The molecule has 0 saturated carbocycles. The maximum atomic E-state index is 14.3. The van der Waals surface area contributed by atoms with Gasteiger partial charge in [0.05, 0.1) is 41.8 Å². The van der Waals surface area contributed by atoms with Crippen molar-refractivity contribution in [3.8, 4) is 0 Å².